The Kier molecular flexibility index (Phi) is 4.27. The summed E-state index contributed by atoms with van der Waals surface area (Å²) in [5.41, 5.74) is 1.51. The number of methoxy groups -OCH3 is 1. The summed E-state index contributed by atoms with van der Waals surface area (Å²) in [5.74, 6) is -1.20. The number of aliphatic carboxylic acids is 1. The second-order valence-corrected chi connectivity index (χ2v) is 5.68. The molecule has 1 heterocycles. The number of carboxylic acids is 1. The molecule has 0 aliphatic heterocycles. The third-order valence-corrected chi connectivity index (χ3v) is 4.00. The molecular formula is C18H13ClNO4-. The molecule has 0 spiro atoms. The predicted molar refractivity (Wildman–Crippen MR) is 88.4 cm³/mol. The number of H-pyrrole nitrogens is 1. The van der Waals surface area contributed by atoms with Crippen LogP contribution < -0.4 is 9.84 Å². The molecule has 0 aliphatic carbocycles. The Bertz CT molecular complexity index is 945. The second kappa shape index (κ2) is 6.37. The summed E-state index contributed by atoms with van der Waals surface area (Å²) in [6, 6.07) is 11.7. The van der Waals surface area contributed by atoms with E-state index in [0.717, 1.165) is 0 Å². The average molecular weight is 343 g/mol. The van der Waals surface area contributed by atoms with Crippen molar-refractivity contribution in [1.29, 1.82) is 0 Å². The molecule has 3 aromatic rings. The lowest BCUT2D eigenvalue weighted by Gasteiger charge is -2.08. The molecule has 0 unspecified atom stereocenters. The van der Waals surface area contributed by atoms with Crippen LogP contribution in [0.25, 0.3) is 10.9 Å². The molecule has 1 N–H and O–H groups in total. The van der Waals surface area contributed by atoms with Crippen LogP contribution in [0.15, 0.2) is 42.5 Å². The summed E-state index contributed by atoms with van der Waals surface area (Å²) >= 11 is 5.98. The monoisotopic (exact) mass is 342 g/mol. The lowest BCUT2D eigenvalue weighted by Crippen LogP contribution is -2.25. The van der Waals surface area contributed by atoms with E-state index in [9.17, 15) is 14.7 Å². The molecule has 5 nitrogen and oxygen atoms in total. The normalized spacial score (nSPS) is 10.8. The fraction of sp³-hybridized carbons (Fsp3) is 0.111. The Morgan fingerprint density at radius 2 is 1.96 bits per heavy atom. The second-order valence-electron chi connectivity index (χ2n) is 5.25. The van der Waals surface area contributed by atoms with Crippen LogP contribution in [0, 0.1) is 0 Å². The fourth-order valence-electron chi connectivity index (χ4n) is 2.72. The van der Waals surface area contributed by atoms with Crippen LogP contribution in [-0.4, -0.2) is 23.8 Å². The Hall–Kier alpha value is -2.79. The van der Waals surface area contributed by atoms with Gasteiger partial charge >= 0.3 is 0 Å². The number of ether oxygens (including phenoxy) is 1. The highest BCUT2D eigenvalue weighted by molar-refractivity contribution is 6.31. The van der Waals surface area contributed by atoms with Crippen molar-refractivity contribution in [2.45, 2.75) is 6.42 Å². The molecule has 122 valence electrons. The molecule has 0 bridgehead atoms. The molecule has 24 heavy (non-hydrogen) atoms. The van der Waals surface area contributed by atoms with E-state index in [4.69, 9.17) is 16.3 Å². The van der Waals surface area contributed by atoms with E-state index in [1.807, 2.05) is 0 Å². The van der Waals surface area contributed by atoms with E-state index in [1.165, 1.54) is 7.11 Å². The van der Waals surface area contributed by atoms with E-state index < -0.39 is 5.97 Å². The quantitative estimate of drug-likeness (QED) is 0.721. The summed E-state index contributed by atoms with van der Waals surface area (Å²) in [5, 5.41) is 12.2. The number of carbonyl (C=O) groups is 2. The van der Waals surface area contributed by atoms with Crippen LogP contribution in [0.2, 0.25) is 5.02 Å². The van der Waals surface area contributed by atoms with Crippen LogP contribution >= 0.6 is 11.6 Å². The summed E-state index contributed by atoms with van der Waals surface area (Å²) in [6.45, 7) is 0. The number of nitrogens with one attached hydrogen (secondary N) is 1. The molecule has 0 aliphatic rings. The molecule has 1 aromatic heterocycles. The zero-order valence-electron chi connectivity index (χ0n) is 12.8. The topological polar surface area (TPSA) is 82.2 Å². The first-order chi connectivity index (χ1) is 11.5. The van der Waals surface area contributed by atoms with Gasteiger partial charge in [0.05, 0.1) is 18.4 Å². The summed E-state index contributed by atoms with van der Waals surface area (Å²) in [4.78, 5) is 27.0. The van der Waals surface area contributed by atoms with Gasteiger partial charge in [-0.1, -0.05) is 29.8 Å². The number of ketones is 1. The molecule has 0 amide bonds. The minimum Gasteiger partial charge on any atom is -0.550 e. The Labute approximate surface area is 142 Å². The van der Waals surface area contributed by atoms with Gasteiger partial charge in [0.2, 0.25) is 5.78 Å². The zero-order chi connectivity index (χ0) is 17.3. The summed E-state index contributed by atoms with van der Waals surface area (Å²) in [6.07, 6.45) is -0.377. The minimum absolute atomic E-state index is 0.195. The van der Waals surface area contributed by atoms with Crippen molar-refractivity contribution in [2.24, 2.45) is 0 Å². The van der Waals surface area contributed by atoms with Crippen molar-refractivity contribution in [2.75, 3.05) is 7.11 Å². The lowest BCUT2D eigenvalue weighted by molar-refractivity contribution is -0.304. The third kappa shape index (κ3) is 2.86. The molecule has 3 rings (SSSR count). The molecular weight excluding hydrogens is 330 g/mol. The highest BCUT2D eigenvalue weighted by Gasteiger charge is 2.21. The summed E-state index contributed by atoms with van der Waals surface area (Å²) in [7, 11) is 1.47. The maximum atomic E-state index is 12.9. The first kappa shape index (κ1) is 16.1. The highest BCUT2D eigenvalue weighted by atomic mass is 35.5. The van der Waals surface area contributed by atoms with Crippen molar-refractivity contribution >= 4 is 34.3 Å². The van der Waals surface area contributed by atoms with Crippen LogP contribution in [0.4, 0.5) is 0 Å². The summed E-state index contributed by atoms with van der Waals surface area (Å²) < 4.78 is 5.22. The number of fused-ring (bicyclic) bond motifs is 1. The van der Waals surface area contributed by atoms with Gasteiger partial charge in [-0.2, -0.15) is 0 Å². The van der Waals surface area contributed by atoms with Gasteiger partial charge in [-0.25, -0.2) is 0 Å². The Morgan fingerprint density at radius 3 is 2.67 bits per heavy atom. The maximum absolute atomic E-state index is 12.9. The van der Waals surface area contributed by atoms with Gasteiger partial charge in [-0.05, 0) is 29.8 Å². The number of hydrogen-bond donors (Lipinski definition) is 1. The SMILES string of the molecule is COc1ccccc1C(=O)c1[nH]c2cc(Cl)ccc2c1CC(=O)[O-]. The number of carboxylic acid groups (broad SMARTS) is 1. The van der Waals surface area contributed by atoms with Gasteiger partial charge in [0.1, 0.15) is 5.75 Å². The first-order valence-corrected chi connectivity index (χ1v) is 7.56. The van der Waals surface area contributed by atoms with Crippen LogP contribution in [0.5, 0.6) is 5.75 Å². The molecule has 0 saturated heterocycles. The first-order valence-electron chi connectivity index (χ1n) is 7.19. The largest absolute Gasteiger partial charge is 0.550 e. The zero-order valence-corrected chi connectivity index (χ0v) is 13.5. The Morgan fingerprint density at radius 1 is 1.21 bits per heavy atom. The van der Waals surface area contributed by atoms with Crippen LogP contribution in [0.3, 0.4) is 0 Å². The van der Waals surface area contributed by atoms with E-state index in [0.29, 0.717) is 32.8 Å². The van der Waals surface area contributed by atoms with Crippen molar-refractivity contribution in [1.82, 2.24) is 4.98 Å². The molecule has 6 heteroatoms. The molecule has 0 fully saturated rings. The fourth-order valence-corrected chi connectivity index (χ4v) is 2.89. The Balaban J connectivity index is 2.20. The van der Waals surface area contributed by atoms with E-state index >= 15 is 0 Å². The van der Waals surface area contributed by atoms with Crippen molar-refractivity contribution in [3.05, 3.63) is 64.3 Å². The smallest absolute Gasteiger partial charge is 0.213 e. The van der Waals surface area contributed by atoms with Crippen LogP contribution in [0.1, 0.15) is 21.6 Å². The van der Waals surface area contributed by atoms with Gasteiger partial charge in [-0.15, -0.1) is 0 Å². The van der Waals surface area contributed by atoms with Gasteiger partial charge in [0.25, 0.3) is 0 Å². The third-order valence-electron chi connectivity index (χ3n) is 3.77. The maximum Gasteiger partial charge on any atom is 0.213 e. The van der Waals surface area contributed by atoms with Crippen LogP contribution in [-0.2, 0) is 11.2 Å². The number of halogens is 1. The van der Waals surface area contributed by atoms with Crippen molar-refractivity contribution in [3.63, 3.8) is 0 Å². The standard InChI is InChI=1S/C18H14ClNO4/c1-24-15-5-3-2-4-12(15)18(23)17-13(9-16(21)22)11-7-6-10(19)8-14(11)20-17/h2-8,20H,9H2,1H3,(H,21,22)/p-1. The van der Waals surface area contributed by atoms with Crippen molar-refractivity contribution < 1.29 is 19.4 Å². The molecule has 0 radical (unpaired) electrons. The minimum atomic E-state index is -1.26. The number of rotatable bonds is 5. The van der Waals surface area contributed by atoms with Gasteiger partial charge in [-0.3, -0.25) is 4.79 Å². The predicted octanol–water partition coefficient (Wildman–Crippen LogP) is 2.35. The van der Waals surface area contributed by atoms with E-state index in [2.05, 4.69) is 4.98 Å². The number of hydrogen-bond acceptors (Lipinski definition) is 4. The lowest BCUT2D eigenvalue weighted by atomic mass is 10.0. The number of aromatic amines is 1. The molecule has 0 atom stereocenters. The van der Waals surface area contributed by atoms with Gasteiger partial charge < -0.3 is 19.6 Å². The van der Waals surface area contributed by atoms with Gasteiger partial charge in [0, 0.05) is 28.3 Å². The van der Waals surface area contributed by atoms with E-state index in [-0.39, 0.29) is 17.9 Å². The molecule has 0 saturated carbocycles. The number of aromatic nitrogens is 1. The number of para-hydroxylation sites is 1. The average Bonchev–Trinajstić information content (AvgIpc) is 2.91. The van der Waals surface area contributed by atoms with Gasteiger partial charge in [0.15, 0.2) is 0 Å². The highest BCUT2D eigenvalue weighted by Crippen LogP contribution is 2.29. The molecule has 2 aromatic carbocycles. The number of carbonyl (C=O) groups excluding carboxylic acids is 2. The van der Waals surface area contributed by atoms with E-state index in [1.54, 1.807) is 42.5 Å². The number of benzene rings is 2. The van der Waals surface area contributed by atoms with Crippen molar-refractivity contribution in [3.8, 4) is 5.75 Å².